The number of nitrogens with zero attached hydrogens (tertiary/aromatic N) is 3. The van der Waals surface area contributed by atoms with Crippen molar-refractivity contribution in [2.75, 3.05) is 11.5 Å². The van der Waals surface area contributed by atoms with Crippen molar-refractivity contribution >= 4 is 69.2 Å². The van der Waals surface area contributed by atoms with Gasteiger partial charge in [0.1, 0.15) is 6.61 Å². The maximum absolute atomic E-state index is 14.0. The molecule has 240 valence electrons. The Kier molecular flexibility index (Phi) is 10.7. The van der Waals surface area contributed by atoms with Crippen LogP contribution < -0.4 is 14.4 Å². The van der Waals surface area contributed by atoms with E-state index in [4.69, 9.17) is 37.7 Å². The largest absolute Gasteiger partial charge is 0.490 e. The molecule has 1 saturated heterocycles. The Morgan fingerprint density at radius 1 is 0.979 bits per heavy atom. The van der Waals surface area contributed by atoms with Gasteiger partial charge in [-0.05, 0) is 116 Å². The molecule has 0 saturated carbocycles. The van der Waals surface area contributed by atoms with E-state index in [1.54, 1.807) is 41.3 Å². The van der Waals surface area contributed by atoms with Gasteiger partial charge in [-0.2, -0.15) is 0 Å². The molecule has 0 bridgehead atoms. The van der Waals surface area contributed by atoms with E-state index in [-0.39, 0.29) is 18.2 Å². The van der Waals surface area contributed by atoms with Gasteiger partial charge < -0.3 is 9.47 Å². The molecule has 4 aromatic rings. The number of thioether (sulfide) groups is 1. The highest BCUT2D eigenvalue weighted by Gasteiger charge is 2.35. The first-order chi connectivity index (χ1) is 22.6. The maximum atomic E-state index is 14.0. The van der Waals surface area contributed by atoms with Crippen LogP contribution in [-0.2, 0) is 17.8 Å². The van der Waals surface area contributed by atoms with Crippen molar-refractivity contribution in [3.63, 3.8) is 0 Å². The molecule has 0 unspecified atom stereocenters. The lowest BCUT2D eigenvalue weighted by atomic mass is 10.0. The van der Waals surface area contributed by atoms with Gasteiger partial charge in [-0.1, -0.05) is 41.4 Å². The van der Waals surface area contributed by atoms with Gasteiger partial charge in [0, 0.05) is 27.7 Å². The van der Waals surface area contributed by atoms with E-state index in [1.807, 2.05) is 57.2 Å². The fourth-order valence-corrected chi connectivity index (χ4v) is 6.13. The third-order valence-corrected chi connectivity index (χ3v) is 9.03. The number of nitro groups is 1. The van der Waals surface area contributed by atoms with Crippen molar-refractivity contribution in [3.8, 4) is 11.5 Å². The van der Waals surface area contributed by atoms with E-state index in [1.165, 1.54) is 23.9 Å². The van der Waals surface area contributed by atoms with Gasteiger partial charge in [-0.15, -0.1) is 6.58 Å². The number of amides is 1. The minimum Gasteiger partial charge on any atom is -0.490 e. The molecule has 5 rings (SSSR count). The fourth-order valence-electron chi connectivity index (χ4n) is 4.78. The highest BCUT2D eigenvalue weighted by Crippen LogP contribution is 2.41. The summed E-state index contributed by atoms with van der Waals surface area (Å²) in [5.74, 6) is 0.780. The minimum atomic E-state index is -0.442. The van der Waals surface area contributed by atoms with Crippen molar-refractivity contribution in [2.24, 2.45) is 4.99 Å². The zero-order valence-corrected chi connectivity index (χ0v) is 28.3. The van der Waals surface area contributed by atoms with E-state index in [9.17, 15) is 14.9 Å². The smallest absolute Gasteiger partial charge is 0.271 e. The molecular formula is C36H31Cl2N3O5S. The Morgan fingerprint density at radius 2 is 1.68 bits per heavy atom. The number of nitro benzene ring substituents is 1. The molecule has 1 aliphatic heterocycles. The highest BCUT2D eigenvalue weighted by atomic mass is 35.5. The third kappa shape index (κ3) is 7.88. The van der Waals surface area contributed by atoms with Crippen molar-refractivity contribution in [1.29, 1.82) is 0 Å². The van der Waals surface area contributed by atoms with E-state index < -0.39 is 4.92 Å². The SMILES string of the molecule is C=CCc1cc(/C=C2/SC(=Nc3ccc(C)c(Cl)c3)N(c3ccc(C)c(Cl)c3)C2=O)cc(OCC)c1OCc1ccc([N+](=O)[O-])cc1. The van der Waals surface area contributed by atoms with E-state index in [0.717, 1.165) is 27.8 Å². The molecule has 4 aromatic carbocycles. The average Bonchev–Trinajstić information content (AvgIpc) is 3.34. The second kappa shape index (κ2) is 14.9. The van der Waals surface area contributed by atoms with Crippen molar-refractivity contribution in [1.82, 2.24) is 0 Å². The summed E-state index contributed by atoms with van der Waals surface area (Å²) in [7, 11) is 0. The molecule has 1 aliphatic rings. The number of rotatable bonds is 11. The molecule has 47 heavy (non-hydrogen) atoms. The number of aryl methyl sites for hydroxylation is 2. The quantitative estimate of drug-likeness (QED) is 0.0674. The van der Waals surface area contributed by atoms with Crippen molar-refractivity contribution in [2.45, 2.75) is 33.8 Å². The molecule has 1 fully saturated rings. The van der Waals surface area contributed by atoms with Gasteiger partial charge >= 0.3 is 0 Å². The van der Waals surface area contributed by atoms with Crippen molar-refractivity contribution < 1.29 is 19.2 Å². The van der Waals surface area contributed by atoms with Crippen LogP contribution in [0.1, 0.15) is 34.7 Å². The molecule has 0 aromatic heterocycles. The van der Waals surface area contributed by atoms with E-state index in [0.29, 0.717) is 56.0 Å². The van der Waals surface area contributed by atoms with Crippen LogP contribution in [0.3, 0.4) is 0 Å². The summed E-state index contributed by atoms with van der Waals surface area (Å²) in [5, 5.41) is 12.6. The number of amidine groups is 1. The van der Waals surface area contributed by atoms with Gasteiger partial charge in [0.2, 0.25) is 0 Å². The van der Waals surface area contributed by atoms with Crippen LogP contribution in [-0.4, -0.2) is 22.6 Å². The minimum absolute atomic E-state index is 0.00716. The Hall–Kier alpha value is -4.57. The molecule has 1 heterocycles. The van der Waals surface area contributed by atoms with Gasteiger partial charge in [0.25, 0.3) is 11.6 Å². The lowest BCUT2D eigenvalue weighted by molar-refractivity contribution is -0.384. The Bertz CT molecular complexity index is 1920. The molecule has 0 aliphatic carbocycles. The predicted octanol–water partition coefficient (Wildman–Crippen LogP) is 10.0. The fraction of sp³-hybridized carbons (Fsp3) is 0.167. The molecule has 1 amide bonds. The van der Waals surface area contributed by atoms with Gasteiger partial charge in [0.15, 0.2) is 16.7 Å². The van der Waals surface area contributed by atoms with Crippen LogP contribution in [0.25, 0.3) is 6.08 Å². The number of carbonyl (C=O) groups is 1. The number of ether oxygens (including phenoxy) is 2. The van der Waals surface area contributed by atoms with Crippen LogP contribution in [0.4, 0.5) is 17.1 Å². The van der Waals surface area contributed by atoms with Crippen molar-refractivity contribution in [3.05, 3.63) is 138 Å². The topological polar surface area (TPSA) is 94.3 Å². The molecule has 0 radical (unpaired) electrons. The molecular weight excluding hydrogens is 657 g/mol. The summed E-state index contributed by atoms with van der Waals surface area (Å²) in [6.07, 6.45) is 4.04. The number of anilines is 1. The Morgan fingerprint density at radius 3 is 2.32 bits per heavy atom. The van der Waals surface area contributed by atoms with Gasteiger partial charge in [0.05, 0.1) is 27.8 Å². The summed E-state index contributed by atoms with van der Waals surface area (Å²) in [6.45, 7) is 10.1. The number of hydrogen-bond donors (Lipinski definition) is 0. The number of benzene rings is 4. The second-order valence-corrected chi connectivity index (χ2v) is 12.5. The lowest BCUT2D eigenvalue weighted by Crippen LogP contribution is -2.28. The molecule has 11 heteroatoms. The summed E-state index contributed by atoms with van der Waals surface area (Å²) < 4.78 is 12.2. The normalized spacial score (nSPS) is 14.6. The first-order valence-electron chi connectivity index (χ1n) is 14.7. The summed E-state index contributed by atoms with van der Waals surface area (Å²) >= 11 is 14.1. The number of aliphatic imine (C=N–C) groups is 1. The van der Waals surface area contributed by atoms with Crippen LogP contribution in [0, 0.1) is 24.0 Å². The first kappa shape index (κ1) is 33.8. The maximum Gasteiger partial charge on any atom is 0.271 e. The van der Waals surface area contributed by atoms with Crippen LogP contribution in [0.15, 0.2) is 95.3 Å². The Labute approximate surface area is 287 Å². The zero-order chi connectivity index (χ0) is 33.7. The number of carbonyl (C=O) groups excluding carboxylic acids is 1. The number of halogens is 2. The van der Waals surface area contributed by atoms with E-state index in [2.05, 4.69) is 6.58 Å². The molecule has 8 nitrogen and oxygen atoms in total. The first-order valence-corrected chi connectivity index (χ1v) is 16.3. The van der Waals surface area contributed by atoms with Crippen LogP contribution >= 0.6 is 35.0 Å². The predicted molar refractivity (Wildman–Crippen MR) is 191 cm³/mol. The van der Waals surface area contributed by atoms with Gasteiger partial charge in [-0.25, -0.2) is 4.99 Å². The summed E-state index contributed by atoms with van der Waals surface area (Å²) in [5.41, 5.74) is 5.33. The molecule has 0 N–H and O–H groups in total. The van der Waals surface area contributed by atoms with Crippen LogP contribution in [0.2, 0.25) is 10.0 Å². The van der Waals surface area contributed by atoms with E-state index >= 15 is 0 Å². The standard InChI is InChI=1S/C36H31Cl2N3O5S/c1-5-7-26-16-25(17-32(45-6-2)34(26)46-21-24-10-14-28(15-11-24)41(43)44)18-33-35(42)40(29-13-9-23(4)31(38)20-29)36(47-33)39-27-12-8-22(3)30(37)19-27/h5,8-20H,1,6-7,21H2,2-4H3/b33-18+,39-36?. The lowest BCUT2D eigenvalue weighted by Gasteiger charge is -2.17. The summed E-state index contributed by atoms with van der Waals surface area (Å²) in [6, 6.07) is 20.9. The number of non-ortho nitro benzene ring substituents is 1. The average molecular weight is 689 g/mol. The zero-order valence-electron chi connectivity index (χ0n) is 26.0. The second-order valence-electron chi connectivity index (χ2n) is 10.7. The molecule has 0 atom stereocenters. The number of hydrogen-bond acceptors (Lipinski definition) is 7. The monoisotopic (exact) mass is 687 g/mol. The number of allylic oxidation sites excluding steroid dienone is 1. The van der Waals surface area contributed by atoms with Gasteiger partial charge in [-0.3, -0.25) is 19.8 Å². The third-order valence-electron chi connectivity index (χ3n) is 7.25. The summed E-state index contributed by atoms with van der Waals surface area (Å²) in [4.78, 5) is 31.4. The molecule has 0 spiro atoms. The van der Waals surface area contributed by atoms with Crippen LogP contribution in [0.5, 0.6) is 11.5 Å². The highest BCUT2D eigenvalue weighted by molar-refractivity contribution is 8.19. The Balaban J connectivity index is 1.53.